The van der Waals surface area contributed by atoms with E-state index in [2.05, 4.69) is 27.4 Å². The van der Waals surface area contributed by atoms with E-state index in [0.717, 1.165) is 12.3 Å². The lowest BCUT2D eigenvalue weighted by molar-refractivity contribution is -0.140. The van der Waals surface area contributed by atoms with E-state index < -0.39 is 0 Å². The maximum absolute atomic E-state index is 11.4. The second-order valence-electron chi connectivity index (χ2n) is 8.50. The van der Waals surface area contributed by atoms with Gasteiger partial charge in [-0.1, -0.05) is 111 Å². The smallest absolute Gasteiger partial charge is 0.333 e. The van der Waals surface area contributed by atoms with Gasteiger partial charge in [-0.2, -0.15) is 0 Å². The van der Waals surface area contributed by atoms with Gasteiger partial charge in [0, 0.05) is 5.57 Å². The first-order chi connectivity index (χ1) is 12.5. The van der Waals surface area contributed by atoms with Crippen molar-refractivity contribution in [1.29, 1.82) is 0 Å². The van der Waals surface area contributed by atoms with Gasteiger partial charge in [-0.15, -0.1) is 0 Å². The van der Waals surface area contributed by atoms with E-state index in [9.17, 15) is 4.79 Å². The fourth-order valence-electron chi connectivity index (χ4n) is 3.55. The first kappa shape index (κ1) is 25.2. The van der Waals surface area contributed by atoms with Crippen molar-refractivity contribution < 1.29 is 9.53 Å². The molecule has 0 aromatic rings. The summed E-state index contributed by atoms with van der Waals surface area (Å²) < 4.78 is 5.24. The van der Waals surface area contributed by atoms with Gasteiger partial charge in [-0.05, 0) is 25.2 Å². The molecule has 154 valence electrons. The lowest BCUT2D eigenvalue weighted by atomic mass is 9.93. The molecule has 0 fully saturated rings. The molecule has 0 aromatic carbocycles. The van der Waals surface area contributed by atoms with Crippen LogP contribution in [0.25, 0.3) is 0 Å². The van der Waals surface area contributed by atoms with E-state index in [0.29, 0.717) is 18.1 Å². The third-order valence-electron chi connectivity index (χ3n) is 5.20. The molecule has 0 saturated carbocycles. The molecule has 2 nitrogen and oxygen atoms in total. The summed E-state index contributed by atoms with van der Waals surface area (Å²) >= 11 is 0. The Balaban J connectivity index is 3.39. The van der Waals surface area contributed by atoms with Crippen LogP contribution in [-0.4, -0.2) is 12.6 Å². The molecule has 0 amide bonds. The summed E-state index contributed by atoms with van der Waals surface area (Å²) in [5.41, 5.74) is 0.488. The van der Waals surface area contributed by atoms with E-state index in [1.807, 2.05) is 0 Å². The molecular weight excluding hydrogens is 320 g/mol. The molecular formula is C24H46O2. The Morgan fingerprint density at radius 1 is 0.808 bits per heavy atom. The predicted molar refractivity (Wildman–Crippen MR) is 114 cm³/mol. The fraction of sp³-hybridized carbons (Fsp3) is 0.875. The fourth-order valence-corrected chi connectivity index (χ4v) is 3.55. The molecule has 2 atom stereocenters. The maximum Gasteiger partial charge on any atom is 0.333 e. The topological polar surface area (TPSA) is 26.3 Å². The molecule has 2 heteroatoms. The highest BCUT2D eigenvalue weighted by Crippen LogP contribution is 2.20. The van der Waals surface area contributed by atoms with Crippen molar-refractivity contribution in [3.05, 3.63) is 12.2 Å². The zero-order valence-corrected chi connectivity index (χ0v) is 18.3. The first-order valence-corrected chi connectivity index (χ1v) is 11.3. The van der Waals surface area contributed by atoms with Gasteiger partial charge in [-0.3, -0.25) is 0 Å². The Morgan fingerprint density at radius 2 is 1.27 bits per heavy atom. The first-order valence-electron chi connectivity index (χ1n) is 11.3. The second kappa shape index (κ2) is 17.6. The minimum atomic E-state index is -0.259. The average molecular weight is 367 g/mol. The summed E-state index contributed by atoms with van der Waals surface area (Å²) in [6, 6.07) is 0. The molecule has 0 N–H and O–H groups in total. The number of rotatable bonds is 18. The van der Waals surface area contributed by atoms with Crippen LogP contribution in [0.5, 0.6) is 0 Å². The summed E-state index contributed by atoms with van der Waals surface area (Å²) in [6.07, 6.45) is 19.3. The zero-order chi connectivity index (χ0) is 19.6. The second-order valence-corrected chi connectivity index (χ2v) is 8.50. The van der Waals surface area contributed by atoms with Crippen LogP contribution in [0.15, 0.2) is 12.2 Å². The van der Waals surface area contributed by atoms with Crippen LogP contribution in [0.4, 0.5) is 0 Å². The highest BCUT2D eigenvalue weighted by molar-refractivity contribution is 5.86. The van der Waals surface area contributed by atoms with Crippen LogP contribution in [0.2, 0.25) is 0 Å². The maximum atomic E-state index is 11.4. The molecule has 0 aliphatic heterocycles. The van der Waals surface area contributed by atoms with Crippen molar-refractivity contribution in [3.63, 3.8) is 0 Å². The lowest BCUT2D eigenvalue weighted by Crippen LogP contribution is -2.14. The van der Waals surface area contributed by atoms with E-state index >= 15 is 0 Å². The number of carbonyl (C=O) groups is 1. The molecule has 0 heterocycles. The Morgan fingerprint density at radius 3 is 1.73 bits per heavy atom. The Kier molecular flexibility index (Phi) is 17.1. The minimum Gasteiger partial charge on any atom is -0.462 e. The van der Waals surface area contributed by atoms with Gasteiger partial charge in [0.2, 0.25) is 0 Å². The predicted octanol–water partition coefficient (Wildman–Crippen LogP) is 7.86. The Labute approximate surface area is 164 Å². The van der Waals surface area contributed by atoms with Gasteiger partial charge < -0.3 is 4.74 Å². The Bertz CT molecular complexity index is 348. The standard InChI is InChI=1S/C24H46O2/c1-6-7-8-9-10-11-12-13-14-15-16-17-18-22(4)19-23(5)20-26-24(25)21(2)3/h22-23H,2,6-20H2,1,3-5H3. The molecule has 0 bridgehead atoms. The summed E-state index contributed by atoms with van der Waals surface area (Å²) in [5, 5.41) is 0. The van der Waals surface area contributed by atoms with Gasteiger partial charge in [0.1, 0.15) is 0 Å². The quantitative estimate of drug-likeness (QED) is 0.140. The van der Waals surface area contributed by atoms with Crippen LogP contribution < -0.4 is 0 Å². The zero-order valence-electron chi connectivity index (χ0n) is 18.3. The molecule has 0 aliphatic carbocycles. The van der Waals surface area contributed by atoms with Crippen LogP contribution in [-0.2, 0) is 9.53 Å². The molecule has 26 heavy (non-hydrogen) atoms. The van der Waals surface area contributed by atoms with Gasteiger partial charge >= 0.3 is 5.97 Å². The lowest BCUT2D eigenvalue weighted by Gasteiger charge is -2.17. The van der Waals surface area contributed by atoms with Crippen molar-refractivity contribution in [2.75, 3.05) is 6.61 Å². The Hall–Kier alpha value is -0.790. The minimum absolute atomic E-state index is 0.259. The van der Waals surface area contributed by atoms with Gasteiger partial charge in [-0.25, -0.2) is 4.79 Å². The number of hydrogen-bond acceptors (Lipinski definition) is 2. The largest absolute Gasteiger partial charge is 0.462 e. The van der Waals surface area contributed by atoms with Crippen molar-refractivity contribution in [1.82, 2.24) is 0 Å². The highest BCUT2D eigenvalue weighted by Gasteiger charge is 2.11. The molecule has 2 unspecified atom stereocenters. The summed E-state index contributed by atoms with van der Waals surface area (Å²) in [5.74, 6) is 0.896. The monoisotopic (exact) mass is 366 g/mol. The van der Waals surface area contributed by atoms with Crippen molar-refractivity contribution >= 4 is 5.97 Å². The third kappa shape index (κ3) is 16.7. The SMILES string of the molecule is C=C(C)C(=O)OCC(C)CC(C)CCCCCCCCCCCCCC. The molecule has 0 aliphatic rings. The molecule has 0 radical (unpaired) electrons. The van der Waals surface area contributed by atoms with Crippen molar-refractivity contribution in [2.45, 2.75) is 118 Å². The number of carbonyl (C=O) groups excluding carboxylic acids is 1. The summed E-state index contributed by atoms with van der Waals surface area (Å²) in [4.78, 5) is 11.4. The average Bonchev–Trinajstić information content (AvgIpc) is 2.60. The van der Waals surface area contributed by atoms with Crippen LogP contribution in [0.1, 0.15) is 118 Å². The summed E-state index contributed by atoms with van der Waals surface area (Å²) in [7, 11) is 0. The molecule has 0 aromatic heterocycles. The molecule has 0 spiro atoms. The highest BCUT2D eigenvalue weighted by atomic mass is 16.5. The van der Waals surface area contributed by atoms with E-state index in [1.165, 1.54) is 83.5 Å². The van der Waals surface area contributed by atoms with Crippen molar-refractivity contribution in [2.24, 2.45) is 11.8 Å². The van der Waals surface area contributed by atoms with Crippen LogP contribution in [0.3, 0.4) is 0 Å². The van der Waals surface area contributed by atoms with Gasteiger partial charge in [0.05, 0.1) is 6.61 Å². The molecule has 0 saturated heterocycles. The normalized spacial score (nSPS) is 13.4. The number of ether oxygens (including phenoxy) is 1. The van der Waals surface area contributed by atoms with Crippen LogP contribution >= 0.6 is 0 Å². The summed E-state index contributed by atoms with van der Waals surface area (Å²) in [6.45, 7) is 12.6. The van der Waals surface area contributed by atoms with Gasteiger partial charge in [0.15, 0.2) is 0 Å². The number of hydrogen-bond donors (Lipinski definition) is 0. The van der Waals surface area contributed by atoms with E-state index in [-0.39, 0.29) is 5.97 Å². The number of unbranched alkanes of at least 4 members (excludes halogenated alkanes) is 11. The van der Waals surface area contributed by atoms with Crippen molar-refractivity contribution in [3.8, 4) is 0 Å². The van der Waals surface area contributed by atoms with Crippen LogP contribution in [0, 0.1) is 11.8 Å². The number of esters is 1. The third-order valence-corrected chi connectivity index (χ3v) is 5.20. The molecule has 0 rings (SSSR count). The van der Waals surface area contributed by atoms with E-state index in [1.54, 1.807) is 6.92 Å². The van der Waals surface area contributed by atoms with Gasteiger partial charge in [0.25, 0.3) is 0 Å². The van der Waals surface area contributed by atoms with E-state index in [4.69, 9.17) is 4.74 Å².